The Morgan fingerprint density at radius 3 is 2.68 bits per heavy atom. The van der Waals surface area contributed by atoms with Gasteiger partial charge in [0.15, 0.2) is 9.84 Å². The number of amides is 1. The van der Waals surface area contributed by atoms with Crippen molar-refractivity contribution < 1.29 is 13.2 Å². The van der Waals surface area contributed by atoms with E-state index in [2.05, 4.69) is 0 Å². The molecule has 142 valence electrons. The molecule has 1 heterocycles. The minimum atomic E-state index is -3.31. The number of nitrogens with two attached hydrogens (primary N) is 1. The lowest BCUT2D eigenvalue weighted by molar-refractivity contribution is -0.129. The number of benzene rings is 1. The monoisotopic (exact) mass is 406 g/mol. The van der Waals surface area contributed by atoms with E-state index in [0.29, 0.717) is 35.2 Å². The Balaban J connectivity index is 0.00000312. The lowest BCUT2D eigenvalue weighted by Gasteiger charge is -2.21. The van der Waals surface area contributed by atoms with Crippen molar-refractivity contribution in [3.05, 3.63) is 24.3 Å². The first-order chi connectivity index (χ1) is 11.4. The summed E-state index contributed by atoms with van der Waals surface area (Å²) in [6.45, 7) is 5.73. The first-order valence-electron chi connectivity index (χ1n) is 8.36. The summed E-state index contributed by atoms with van der Waals surface area (Å²) in [5, 5.41) is -0.320. The molecular weight excluding hydrogens is 380 g/mol. The number of carbonyl (C=O) groups excluding carboxylic acids is 1. The van der Waals surface area contributed by atoms with Crippen LogP contribution in [-0.2, 0) is 14.6 Å². The van der Waals surface area contributed by atoms with E-state index in [4.69, 9.17) is 5.73 Å². The maximum atomic E-state index is 12.6. The van der Waals surface area contributed by atoms with Crippen LogP contribution in [-0.4, -0.2) is 49.9 Å². The van der Waals surface area contributed by atoms with Crippen LogP contribution in [0.5, 0.6) is 0 Å². The summed E-state index contributed by atoms with van der Waals surface area (Å²) in [5.74, 6) is 0.555. The van der Waals surface area contributed by atoms with Gasteiger partial charge in [-0.05, 0) is 44.4 Å². The fourth-order valence-corrected chi connectivity index (χ4v) is 5.82. The molecule has 25 heavy (non-hydrogen) atoms. The van der Waals surface area contributed by atoms with E-state index >= 15 is 0 Å². The molecule has 2 N–H and O–H groups in total. The Morgan fingerprint density at radius 1 is 1.40 bits per heavy atom. The third kappa shape index (κ3) is 5.61. The van der Waals surface area contributed by atoms with Gasteiger partial charge in [0.25, 0.3) is 0 Å². The van der Waals surface area contributed by atoms with Gasteiger partial charge in [-0.2, -0.15) is 0 Å². The van der Waals surface area contributed by atoms with Gasteiger partial charge in [0.05, 0.1) is 15.9 Å². The molecule has 0 aliphatic carbocycles. The number of hydrogen-bond donors (Lipinski definition) is 1. The van der Waals surface area contributed by atoms with E-state index in [1.54, 1.807) is 18.2 Å². The third-order valence-electron chi connectivity index (χ3n) is 4.24. The predicted molar refractivity (Wildman–Crippen MR) is 105 cm³/mol. The zero-order valence-corrected chi connectivity index (χ0v) is 17.1. The predicted octanol–water partition coefficient (Wildman–Crippen LogP) is 2.58. The molecule has 0 saturated carbocycles. The van der Waals surface area contributed by atoms with E-state index in [1.807, 2.05) is 24.8 Å². The Hall–Kier alpha value is -0.760. The molecule has 2 atom stereocenters. The average Bonchev–Trinajstić information content (AvgIpc) is 3.03. The number of hydrogen-bond acceptors (Lipinski definition) is 5. The van der Waals surface area contributed by atoms with Gasteiger partial charge in [-0.25, -0.2) is 8.42 Å². The molecular formula is C17H27ClN2O3S2. The van der Waals surface area contributed by atoms with Gasteiger partial charge in [0.1, 0.15) is 0 Å². The van der Waals surface area contributed by atoms with Crippen molar-refractivity contribution in [2.24, 2.45) is 11.7 Å². The molecule has 1 saturated heterocycles. The molecule has 5 nitrogen and oxygen atoms in total. The first-order valence-corrected chi connectivity index (χ1v) is 10.9. The molecule has 0 spiro atoms. The van der Waals surface area contributed by atoms with Crippen LogP contribution in [0, 0.1) is 5.92 Å². The van der Waals surface area contributed by atoms with Crippen LogP contribution < -0.4 is 5.73 Å². The molecule has 1 amide bonds. The normalized spacial score (nSPS) is 18.7. The molecule has 1 aromatic carbocycles. The number of likely N-dealkylation sites (tertiary alicyclic amines) is 1. The Kier molecular flexibility index (Phi) is 8.74. The Labute approximate surface area is 161 Å². The van der Waals surface area contributed by atoms with Crippen LogP contribution in [0.2, 0.25) is 0 Å². The largest absolute Gasteiger partial charge is 0.341 e. The lowest BCUT2D eigenvalue weighted by Crippen LogP contribution is -2.35. The van der Waals surface area contributed by atoms with Crippen molar-refractivity contribution in [3.8, 4) is 0 Å². The molecule has 0 bridgehead atoms. The zero-order valence-electron chi connectivity index (χ0n) is 14.7. The summed E-state index contributed by atoms with van der Waals surface area (Å²) < 4.78 is 24.8. The Bertz CT molecular complexity index is 682. The second-order valence-electron chi connectivity index (χ2n) is 6.20. The van der Waals surface area contributed by atoms with Gasteiger partial charge in [-0.1, -0.05) is 19.1 Å². The van der Waals surface area contributed by atoms with Crippen molar-refractivity contribution in [1.29, 1.82) is 0 Å². The van der Waals surface area contributed by atoms with E-state index in [9.17, 15) is 13.2 Å². The smallest absolute Gasteiger partial charge is 0.235 e. The van der Waals surface area contributed by atoms with Gasteiger partial charge in [0, 0.05) is 18.0 Å². The van der Waals surface area contributed by atoms with Crippen molar-refractivity contribution in [3.63, 3.8) is 0 Å². The highest BCUT2D eigenvalue weighted by molar-refractivity contribution is 8.01. The van der Waals surface area contributed by atoms with E-state index < -0.39 is 9.84 Å². The van der Waals surface area contributed by atoms with Crippen LogP contribution in [0.4, 0.5) is 0 Å². The lowest BCUT2D eigenvalue weighted by atomic mass is 10.1. The number of rotatable bonds is 7. The van der Waals surface area contributed by atoms with Gasteiger partial charge in [-0.15, -0.1) is 24.2 Å². The number of carbonyl (C=O) groups is 1. The quantitative estimate of drug-likeness (QED) is 0.704. The highest BCUT2D eigenvalue weighted by Crippen LogP contribution is 2.32. The SMILES string of the molecule is CCCS(=O)(=O)c1ccccc1SC(C)C(=O)N1CCC(CN)C1.Cl. The topological polar surface area (TPSA) is 80.5 Å². The first kappa shape index (κ1) is 22.3. The fraction of sp³-hybridized carbons (Fsp3) is 0.588. The summed E-state index contributed by atoms with van der Waals surface area (Å²) >= 11 is 1.33. The van der Waals surface area contributed by atoms with Crippen molar-refractivity contribution >= 4 is 39.9 Å². The second-order valence-corrected chi connectivity index (χ2v) is 9.66. The summed E-state index contributed by atoms with van der Waals surface area (Å²) in [6, 6.07) is 6.95. The van der Waals surface area contributed by atoms with Crippen LogP contribution in [0.25, 0.3) is 0 Å². The van der Waals surface area contributed by atoms with Gasteiger partial charge in [0.2, 0.25) is 5.91 Å². The number of halogens is 1. The summed E-state index contributed by atoms with van der Waals surface area (Å²) in [7, 11) is -3.31. The number of thioether (sulfide) groups is 1. The minimum absolute atomic E-state index is 0. The molecule has 1 aromatic rings. The fourth-order valence-electron chi connectivity index (χ4n) is 2.91. The average molecular weight is 407 g/mol. The van der Waals surface area contributed by atoms with Gasteiger partial charge in [-0.3, -0.25) is 4.79 Å². The summed E-state index contributed by atoms with van der Waals surface area (Å²) in [5.41, 5.74) is 5.68. The maximum Gasteiger partial charge on any atom is 0.235 e. The molecule has 0 aromatic heterocycles. The van der Waals surface area contributed by atoms with Gasteiger partial charge >= 0.3 is 0 Å². The van der Waals surface area contributed by atoms with E-state index in [0.717, 1.165) is 13.0 Å². The van der Waals surface area contributed by atoms with Crippen molar-refractivity contribution in [2.45, 2.75) is 41.7 Å². The van der Waals surface area contributed by atoms with Crippen LogP contribution >= 0.6 is 24.2 Å². The molecule has 2 rings (SSSR count). The van der Waals surface area contributed by atoms with Crippen LogP contribution in [0.3, 0.4) is 0 Å². The summed E-state index contributed by atoms with van der Waals surface area (Å²) in [6.07, 6.45) is 1.52. The minimum Gasteiger partial charge on any atom is -0.341 e. The standard InChI is InChI=1S/C17H26N2O3S2.ClH/c1-3-10-24(21,22)16-7-5-4-6-15(16)23-13(2)17(20)19-9-8-14(11-18)12-19;/h4-7,13-14H,3,8-12,18H2,1-2H3;1H. The highest BCUT2D eigenvalue weighted by atomic mass is 35.5. The second kappa shape index (κ2) is 9.80. The van der Waals surface area contributed by atoms with Crippen LogP contribution in [0.1, 0.15) is 26.7 Å². The molecule has 2 unspecified atom stereocenters. The maximum absolute atomic E-state index is 12.6. The molecule has 1 aliphatic rings. The molecule has 8 heteroatoms. The molecule has 0 radical (unpaired) electrons. The van der Waals surface area contributed by atoms with E-state index in [1.165, 1.54) is 11.8 Å². The number of nitrogens with zero attached hydrogens (tertiary/aromatic N) is 1. The van der Waals surface area contributed by atoms with Crippen LogP contribution in [0.15, 0.2) is 34.1 Å². The summed E-state index contributed by atoms with van der Waals surface area (Å²) in [4.78, 5) is 15.4. The number of sulfone groups is 1. The van der Waals surface area contributed by atoms with E-state index in [-0.39, 0.29) is 29.3 Å². The van der Waals surface area contributed by atoms with Crippen molar-refractivity contribution in [1.82, 2.24) is 4.90 Å². The molecule has 1 aliphatic heterocycles. The highest BCUT2D eigenvalue weighted by Gasteiger charge is 2.29. The van der Waals surface area contributed by atoms with Gasteiger partial charge < -0.3 is 10.6 Å². The van der Waals surface area contributed by atoms with Crippen molar-refractivity contribution in [2.75, 3.05) is 25.4 Å². The zero-order chi connectivity index (χ0) is 17.7. The molecule has 1 fully saturated rings. The third-order valence-corrected chi connectivity index (χ3v) is 7.51. The Morgan fingerprint density at radius 2 is 2.08 bits per heavy atom.